The minimum atomic E-state index is -4.25. The number of hydrogen-bond acceptors (Lipinski definition) is 4. The van der Waals surface area contributed by atoms with E-state index in [1.807, 2.05) is 0 Å². The van der Waals surface area contributed by atoms with Gasteiger partial charge in [0.25, 0.3) is 0 Å². The van der Waals surface area contributed by atoms with Gasteiger partial charge in [0.15, 0.2) is 0 Å². The van der Waals surface area contributed by atoms with E-state index < -0.39 is 11.6 Å². The van der Waals surface area contributed by atoms with Crippen LogP contribution < -0.4 is 10.6 Å². The molecule has 1 amide bonds. The first-order valence-corrected chi connectivity index (χ1v) is 6.22. The molecule has 1 fully saturated rings. The normalized spacial score (nSPS) is 25.6. The van der Waals surface area contributed by atoms with Crippen molar-refractivity contribution in [3.05, 3.63) is 0 Å². The zero-order chi connectivity index (χ0) is 12.9. The monoisotopic (exact) mass is 272 g/mol. The summed E-state index contributed by atoms with van der Waals surface area (Å²) in [6, 6.07) is -0.486. The van der Waals surface area contributed by atoms with Gasteiger partial charge in [-0.15, -0.1) is 0 Å². The number of carbonyl (C=O) groups excluding carboxylic acids is 1. The number of thioether (sulfide) groups is 1. The van der Waals surface area contributed by atoms with Crippen LogP contribution in [0.2, 0.25) is 0 Å². The van der Waals surface area contributed by atoms with E-state index in [9.17, 15) is 18.0 Å². The molecule has 17 heavy (non-hydrogen) atoms. The predicted octanol–water partition coefficient (Wildman–Crippen LogP) is 0.732. The molecule has 0 aromatic rings. The van der Waals surface area contributed by atoms with Crippen molar-refractivity contribution in [1.29, 1.82) is 0 Å². The van der Waals surface area contributed by atoms with Gasteiger partial charge in [0, 0.05) is 18.8 Å². The van der Waals surface area contributed by atoms with E-state index in [4.69, 9.17) is 4.74 Å². The Hall–Kier alpha value is -0.470. The van der Waals surface area contributed by atoms with E-state index in [1.165, 1.54) is 0 Å². The van der Waals surface area contributed by atoms with Gasteiger partial charge in [-0.25, -0.2) is 0 Å². The van der Waals surface area contributed by atoms with Crippen molar-refractivity contribution in [2.45, 2.75) is 24.6 Å². The number of carbonyl (C=O) groups is 1. The van der Waals surface area contributed by atoms with Gasteiger partial charge in [0.2, 0.25) is 5.91 Å². The molecule has 2 N–H and O–H groups in total. The Morgan fingerprint density at radius 3 is 2.88 bits per heavy atom. The van der Waals surface area contributed by atoms with Crippen LogP contribution in [0.25, 0.3) is 0 Å². The van der Waals surface area contributed by atoms with Crippen molar-refractivity contribution in [2.24, 2.45) is 0 Å². The molecule has 0 aromatic heterocycles. The molecule has 0 saturated carbocycles. The number of rotatable bonds is 4. The van der Waals surface area contributed by atoms with Gasteiger partial charge < -0.3 is 15.4 Å². The third-order valence-corrected chi connectivity index (χ3v) is 3.00. The minimum absolute atomic E-state index is 0.00604. The van der Waals surface area contributed by atoms with Crippen molar-refractivity contribution in [1.82, 2.24) is 10.6 Å². The minimum Gasteiger partial charge on any atom is -0.375 e. The van der Waals surface area contributed by atoms with E-state index in [0.717, 1.165) is 0 Å². The van der Waals surface area contributed by atoms with E-state index in [0.29, 0.717) is 13.2 Å². The number of hydrogen-bond donors (Lipinski definition) is 2. The predicted molar refractivity (Wildman–Crippen MR) is 58.7 cm³/mol. The van der Waals surface area contributed by atoms with E-state index in [-0.39, 0.29) is 36.1 Å². The molecule has 0 aliphatic carbocycles. The summed E-state index contributed by atoms with van der Waals surface area (Å²) in [5, 5.41) is 5.41. The first-order chi connectivity index (χ1) is 7.90. The molecule has 0 bridgehead atoms. The van der Waals surface area contributed by atoms with Crippen molar-refractivity contribution in [3.63, 3.8) is 0 Å². The molecule has 1 rings (SSSR count). The van der Waals surface area contributed by atoms with Gasteiger partial charge in [0.05, 0.1) is 12.7 Å². The van der Waals surface area contributed by atoms with Crippen LogP contribution in [0, 0.1) is 0 Å². The highest BCUT2D eigenvalue weighted by Crippen LogP contribution is 2.29. The lowest BCUT2D eigenvalue weighted by molar-refractivity contribution is -0.128. The zero-order valence-corrected chi connectivity index (χ0v) is 10.2. The third-order valence-electron chi connectivity index (χ3n) is 2.27. The lowest BCUT2D eigenvalue weighted by Gasteiger charge is -2.29. The van der Waals surface area contributed by atoms with Crippen LogP contribution >= 0.6 is 11.8 Å². The van der Waals surface area contributed by atoms with Crippen LogP contribution in [0.4, 0.5) is 13.2 Å². The quantitative estimate of drug-likeness (QED) is 0.741. The number of morpholine rings is 1. The Balaban J connectivity index is 2.20. The van der Waals surface area contributed by atoms with Crippen LogP contribution in [0.3, 0.4) is 0 Å². The third kappa shape index (κ3) is 5.60. The first-order valence-electron chi connectivity index (χ1n) is 5.23. The smallest absolute Gasteiger partial charge is 0.375 e. The lowest BCUT2D eigenvalue weighted by Crippen LogP contribution is -2.55. The molecule has 1 saturated heterocycles. The Labute approximate surface area is 102 Å². The molecular weight excluding hydrogens is 257 g/mol. The standard InChI is InChI=1S/C9H15F3N2O2S/c1-6-7(13-2-4-16-6)8(15)14-3-5-17-9(10,11)12/h6-7,13H,2-5H2,1H3,(H,14,15)/t6-,7+/m1/s1. The molecular formula is C9H15F3N2O2S. The topological polar surface area (TPSA) is 50.4 Å². The highest BCUT2D eigenvalue weighted by Gasteiger charge is 2.29. The van der Waals surface area contributed by atoms with Crippen molar-refractivity contribution in [3.8, 4) is 0 Å². The maximum atomic E-state index is 11.8. The van der Waals surface area contributed by atoms with Crippen LogP contribution in [0.1, 0.15) is 6.92 Å². The molecule has 4 nitrogen and oxygen atoms in total. The summed E-state index contributed by atoms with van der Waals surface area (Å²) in [5.41, 5.74) is -4.25. The highest BCUT2D eigenvalue weighted by atomic mass is 32.2. The molecule has 8 heteroatoms. The molecule has 1 heterocycles. The summed E-state index contributed by atoms with van der Waals surface area (Å²) in [5.74, 6) is -0.503. The number of nitrogens with one attached hydrogen (secondary N) is 2. The molecule has 2 atom stereocenters. The molecule has 100 valence electrons. The molecule has 0 spiro atoms. The van der Waals surface area contributed by atoms with Crippen LogP contribution in [0.5, 0.6) is 0 Å². The maximum Gasteiger partial charge on any atom is 0.441 e. The fourth-order valence-corrected chi connectivity index (χ4v) is 1.91. The van der Waals surface area contributed by atoms with E-state index >= 15 is 0 Å². The van der Waals surface area contributed by atoms with Gasteiger partial charge >= 0.3 is 5.51 Å². The van der Waals surface area contributed by atoms with Gasteiger partial charge in [-0.05, 0) is 18.7 Å². The molecule has 0 aromatic carbocycles. The molecule has 1 aliphatic rings. The van der Waals surface area contributed by atoms with Gasteiger partial charge in [-0.2, -0.15) is 13.2 Å². The number of amides is 1. The Morgan fingerprint density at radius 1 is 1.59 bits per heavy atom. The van der Waals surface area contributed by atoms with Gasteiger partial charge in [-0.3, -0.25) is 4.79 Å². The van der Waals surface area contributed by atoms with E-state index in [1.54, 1.807) is 6.92 Å². The Morgan fingerprint density at radius 2 is 2.29 bits per heavy atom. The summed E-state index contributed by atoms with van der Waals surface area (Å²) in [6.45, 7) is 2.85. The SMILES string of the molecule is C[C@H]1OCCN[C@@H]1C(=O)NCCSC(F)(F)F. The summed E-state index contributed by atoms with van der Waals surface area (Å²) in [6.07, 6.45) is -0.265. The average molecular weight is 272 g/mol. The van der Waals surface area contributed by atoms with Gasteiger partial charge in [-0.1, -0.05) is 0 Å². The molecule has 1 aliphatic heterocycles. The van der Waals surface area contributed by atoms with E-state index in [2.05, 4.69) is 10.6 Å². The first kappa shape index (κ1) is 14.6. The average Bonchev–Trinajstić information content (AvgIpc) is 2.23. The summed E-state index contributed by atoms with van der Waals surface area (Å²) < 4.78 is 40.7. The number of ether oxygens (including phenoxy) is 1. The fourth-order valence-electron chi connectivity index (χ4n) is 1.48. The molecule has 0 unspecified atom stereocenters. The number of alkyl halides is 3. The largest absolute Gasteiger partial charge is 0.441 e. The second-order valence-corrected chi connectivity index (χ2v) is 4.75. The number of halogens is 3. The lowest BCUT2D eigenvalue weighted by atomic mass is 10.1. The summed E-state index contributed by atoms with van der Waals surface area (Å²) in [4.78, 5) is 11.6. The Bertz CT molecular complexity index is 263. The maximum absolute atomic E-state index is 11.8. The van der Waals surface area contributed by atoms with Crippen LogP contribution in [0.15, 0.2) is 0 Å². The van der Waals surface area contributed by atoms with Crippen LogP contribution in [-0.4, -0.2) is 49.0 Å². The van der Waals surface area contributed by atoms with Crippen molar-refractivity contribution >= 4 is 17.7 Å². The van der Waals surface area contributed by atoms with Crippen molar-refractivity contribution < 1.29 is 22.7 Å². The second-order valence-electron chi connectivity index (χ2n) is 3.59. The fraction of sp³-hybridized carbons (Fsp3) is 0.889. The summed E-state index contributed by atoms with van der Waals surface area (Å²) in [7, 11) is 0. The zero-order valence-electron chi connectivity index (χ0n) is 9.34. The highest BCUT2D eigenvalue weighted by molar-refractivity contribution is 8.00. The van der Waals surface area contributed by atoms with Gasteiger partial charge in [0.1, 0.15) is 6.04 Å². The van der Waals surface area contributed by atoms with Crippen molar-refractivity contribution in [2.75, 3.05) is 25.4 Å². The molecule has 0 radical (unpaired) electrons. The Kier molecular flexibility index (Phi) is 5.54. The van der Waals surface area contributed by atoms with Crippen LogP contribution in [-0.2, 0) is 9.53 Å². The second kappa shape index (κ2) is 6.46. The summed E-state index contributed by atoms with van der Waals surface area (Å²) >= 11 is -0.143.